The summed E-state index contributed by atoms with van der Waals surface area (Å²) in [6.45, 7) is 1.95. The van der Waals surface area contributed by atoms with Crippen LogP contribution in [0.5, 0.6) is 17.2 Å². The lowest BCUT2D eigenvalue weighted by atomic mass is 10.1. The molecule has 0 fully saturated rings. The molecule has 3 N–H and O–H groups in total. The monoisotopic (exact) mass is 270 g/mol. The molecule has 20 heavy (non-hydrogen) atoms. The number of carbonyl (C=O) groups is 1. The third-order valence-electron chi connectivity index (χ3n) is 2.86. The molecule has 102 valence electrons. The number of carbonyl (C=O) groups excluding carboxylic acids is 1. The first-order valence-corrected chi connectivity index (χ1v) is 6.02. The Morgan fingerprint density at radius 3 is 2.50 bits per heavy atom. The molecule has 2 rings (SSSR count). The van der Waals surface area contributed by atoms with Crippen LogP contribution in [0.2, 0.25) is 0 Å². The molecular formula is C16H14O4. The van der Waals surface area contributed by atoms with Gasteiger partial charge in [-0.1, -0.05) is 35.9 Å². The van der Waals surface area contributed by atoms with E-state index in [4.69, 9.17) is 0 Å². The predicted octanol–water partition coefficient (Wildman–Crippen LogP) is 3.01. The number of rotatable bonds is 3. The summed E-state index contributed by atoms with van der Waals surface area (Å²) >= 11 is 0. The van der Waals surface area contributed by atoms with Gasteiger partial charge >= 0.3 is 0 Å². The molecule has 0 amide bonds. The Kier molecular flexibility index (Phi) is 3.75. The second-order valence-corrected chi connectivity index (χ2v) is 4.44. The Hall–Kier alpha value is -2.75. The summed E-state index contributed by atoms with van der Waals surface area (Å²) < 4.78 is 0. The molecule has 0 bridgehead atoms. The van der Waals surface area contributed by atoms with Crippen LogP contribution in [-0.2, 0) is 0 Å². The second-order valence-electron chi connectivity index (χ2n) is 4.44. The van der Waals surface area contributed by atoms with Gasteiger partial charge in [-0.3, -0.25) is 4.79 Å². The summed E-state index contributed by atoms with van der Waals surface area (Å²) in [7, 11) is 0. The molecule has 4 nitrogen and oxygen atoms in total. The molecule has 0 aliphatic heterocycles. The lowest BCUT2D eigenvalue weighted by Gasteiger charge is -2.04. The highest BCUT2D eigenvalue weighted by molar-refractivity contribution is 6.09. The van der Waals surface area contributed by atoms with Crippen LogP contribution in [0.15, 0.2) is 42.5 Å². The Morgan fingerprint density at radius 1 is 1.05 bits per heavy atom. The number of hydrogen-bond donors (Lipinski definition) is 3. The van der Waals surface area contributed by atoms with Gasteiger partial charge in [-0.25, -0.2) is 0 Å². The molecule has 0 unspecified atom stereocenters. The highest BCUT2D eigenvalue weighted by Crippen LogP contribution is 2.37. The van der Waals surface area contributed by atoms with Gasteiger partial charge in [0.2, 0.25) is 5.75 Å². The highest BCUT2D eigenvalue weighted by Gasteiger charge is 2.15. The molecule has 2 aromatic carbocycles. The third kappa shape index (κ3) is 2.80. The Morgan fingerprint density at radius 2 is 1.80 bits per heavy atom. The number of allylic oxidation sites excluding steroid dienone is 1. The molecule has 0 radical (unpaired) electrons. The zero-order valence-electron chi connectivity index (χ0n) is 10.9. The van der Waals surface area contributed by atoms with Crippen molar-refractivity contribution in [3.05, 3.63) is 59.2 Å². The molecular weight excluding hydrogens is 256 g/mol. The van der Waals surface area contributed by atoms with Crippen LogP contribution in [0.3, 0.4) is 0 Å². The first-order valence-electron chi connectivity index (χ1n) is 6.02. The fourth-order valence-electron chi connectivity index (χ4n) is 1.80. The first-order chi connectivity index (χ1) is 9.49. The van der Waals surface area contributed by atoms with E-state index in [1.807, 2.05) is 31.2 Å². The fourth-order valence-corrected chi connectivity index (χ4v) is 1.80. The third-order valence-corrected chi connectivity index (χ3v) is 2.86. The number of aryl methyl sites for hydroxylation is 1. The number of hydrogen-bond acceptors (Lipinski definition) is 4. The van der Waals surface area contributed by atoms with E-state index in [0.717, 1.165) is 17.2 Å². The zero-order valence-corrected chi connectivity index (χ0v) is 10.9. The molecule has 0 aliphatic carbocycles. The maximum absolute atomic E-state index is 11.9. The van der Waals surface area contributed by atoms with Gasteiger partial charge in [-0.15, -0.1) is 0 Å². The van der Waals surface area contributed by atoms with E-state index in [1.165, 1.54) is 12.1 Å². The van der Waals surface area contributed by atoms with Crippen LogP contribution in [0.4, 0.5) is 0 Å². The second kappa shape index (κ2) is 5.48. The number of aromatic hydroxyl groups is 3. The minimum atomic E-state index is -0.695. The first kappa shape index (κ1) is 13.7. The molecule has 0 heterocycles. The van der Waals surface area contributed by atoms with Crippen LogP contribution in [-0.4, -0.2) is 21.1 Å². The molecule has 0 atom stereocenters. The fraction of sp³-hybridized carbons (Fsp3) is 0.0625. The number of phenols is 3. The van der Waals surface area contributed by atoms with Crippen molar-refractivity contribution in [3.63, 3.8) is 0 Å². The molecule has 0 saturated carbocycles. The van der Waals surface area contributed by atoms with E-state index < -0.39 is 23.0 Å². The summed E-state index contributed by atoms with van der Waals surface area (Å²) in [5.74, 6) is -2.25. The van der Waals surface area contributed by atoms with E-state index in [1.54, 1.807) is 6.08 Å². The average Bonchev–Trinajstić information content (AvgIpc) is 2.42. The van der Waals surface area contributed by atoms with Crippen LogP contribution >= 0.6 is 0 Å². The van der Waals surface area contributed by atoms with Gasteiger partial charge in [0.25, 0.3) is 0 Å². The van der Waals surface area contributed by atoms with Crippen molar-refractivity contribution in [2.75, 3.05) is 0 Å². The van der Waals surface area contributed by atoms with Gasteiger partial charge in [0.15, 0.2) is 17.3 Å². The van der Waals surface area contributed by atoms with Crippen molar-refractivity contribution in [1.29, 1.82) is 0 Å². The summed E-state index contributed by atoms with van der Waals surface area (Å²) in [5.41, 5.74) is 1.87. The zero-order chi connectivity index (χ0) is 14.7. The van der Waals surface area contributed by atoms with Crippen LogP contribution < -0.4 is 0 Å². The normalized spacial score (nSPS) is 10.8. The molecule has 4 heteroatoms. The topological polar surface area (TPSA) is 77.8 Å². The van der Waals surface area contributed by atoms with E-state index in [0.29, 0.717) is 0 Å². The van der Waals surface area contributed by atoms with Gasteiger partial charge in [0, 0.05) is 0 Å². The van der Waals surface area contributed by atoms with E-state index in [-0.39, 0.29) is 5.56 Å². The molecule has 0 aliphatic rings. The largest absolute Gasteiger partial charge is 0.504 e. The minimum Gasteiger partial charge on any atom is -0.504 e. The standard InChI is InChI=1S/C16H14O4/c1-10-3-2-4-11(9-10)5-7-13(17)12-6-8-14(18)16(20)15(12)19/h2-9,18-20H,1H3/b7-5+. The Bertz CT molecular complexity index is 687. The highest BCUT2D eigenvalue weighted by atomic mass is 16.3. The maximum atomic E-state index is 11.9. The summed E-state index contributed by atoms with van der Waals surface area (Å²) in [5, 5.41) is 28.2. The maximum Gasteiger partial charge on any atom is 0.201 e. The van der Waals surface area contributed by atoms with E-state index in [9.17, 15) is 20.1 Å². The van der Waals surface area contributed by atoms with E-state index >= 15 is 0 Å². The quantitative estimate of drug-likeness (QED) is 0.455. The Labute approximate surface area is 116 Å². The number of phenolic OH excluding ortho intramolecular Hbond substituents is 3. The van der Waals surface area contributed by atoms with Crippen molar-refractivity contribution in [1.82, 2.24) is 0 Å². The van der Waals surface area contributed by atoms with Crippen molar-refractivity contribution in [2.24, 2.45) is 0 Å². The van der Waals surface area contributed by atoms with E-state index in [2.05, 4.69) is 0 Å². The molecule has 0 spiro atoms. The summed E-state index contributed by atoms with van der Waals surface area (Å²) in [6, 6.07) is 10.0. The summed E-state index contributed by atoms with van der Waals surface area (Å²) in [6.07, 6.45) is 2.93. The van der Waals surface area contributed by atoms with Crippen molar-refractivity contribution < 1.29 is 20.1 Å². The lowest BCUT2D eigenvalue weighted by Crippen LogP contribution is -1.95. The van der Waals surface area contributed by atoms with Gasteiger partial charge in [-0.05, 0) is 30.7 Å². The number of benzene rings is 2. The molecule has 0 saturated heterocycles. The van der Waals surface area contributed by atoms with Crippen LogP contribution in [0.25, 0.3) is 6.08 Å². The number of ketones is 1. The van der Waals surface area contributed by atoms with Gasteiger partial charge < -0.3 is 15.3 Å². The van der Waals surface area contributed by atoms with Gasteiger partial charge in [0.1, 0.15) is 0 Å². The SMILES string of the molecule is Cc1cccc(/C=C/C(=O)c2ccc(O)c(O)c2O)c1. The summed E-state index contributed by atoms with van der Waals surface area (Å²) in [4.78, 5) is 11.9. The van der Waals surface area contributed by atoms with Crippen molar-refractivity contribution >= 4 is 11.9 Å². The smallest absolute Gasteiger partial charge is 0.201 e. The molecule has 2 aromatic rings. The van der Waals surface area contributed by atoms with Crippen LogP contribution in [0.1, 0.15) is 21.5 Å². The minimum absolute atomic E-state index is 0.0656. The van der Waals surface area contributed by atoms with Gasteiger partial charge in [0.05, 0.1) is 5.56 Å². The van der Waals surface area contributed by atoms with Crippen molar-refractivity contribution in [2.45, 2.75) is 6.92 Å². The van der Waals surface area contributed by atoms with Crippen LogP contribution in [0, 0.1) is 6.92 Å². The average molecular weight is 270 g/mol. The van der Waals surface area contributed by atoms with Gasteiger partial charge in [-0.2, -0.15) is 0 Å². The Balaban J connectivity index is 2.27. The lowest BCUT2D eigenvalue weighted by molar-refractivity contribution is 0.104. The molecule has 0 aromatic heterocycles. The van der Waals surface area contributed by atoms with Crippen molar-refractivity contribution in [3.8, 4) is 17.2 Å². The predicted molar refractivity (Wildman–Crippen MR) is 76.0 cm³/mol.